The number of nitrogens with one attached hydrogen (secondary N) is 1. The third-order valence-corrected chi connectivity index (χ3v) is 4.26. The number of piperidine rings is 1. The average Bonchev–Trinajstić information content (AvgIpc) is 3.03. The van der Waals surface area contributed by atoms with Gasteiger partial charge in [-0.25, -0.2) is 5.01 Å². The lowest BCUT2D eigenvalue weighted by atomic mass is 9.99. The van der Waals surface area contributed by atoms with Crippen LogP contribution in [-0.2, 0) is 16.0 Å². The van der Waals surface area contributed by atoms with Gasteiger partial charge in [-0.05, 0) is 31.4 Å². The lowest BCUT2D eigenvalue weighted by Gasteiger charge is -2.31. The number of esters is 1. The Kier molecular flexibility index (Phi) is 4.81. The largest absolute Gasteiger partial charge is 0.492 e. The monoisotopic (exact) mass is 318 g/mol. The second-order valence-corrected chi connectivity index (χ2v) is 5.87. The Hall–Kier alpha value is -2.08. The molecule has 0 spiro atoms. The summed E-state index contributed by atoms with van der Waals surface area (Å²) in [5.74, 6) is 0.134. The Morgan fingerprint density at radius 2 is 2.30 bits per heavy atom. The van der Waals surface area contributed by atoms with Gasteiger partial charge in [0.2, 0.25) is 0 Å². The molecule has 23 heavy (non-hydrogen) atoms. The van der Waals surface area contributed by atoms with E-state index in [1.807, 2.05) is 17.1 Å². The third-order valence-electron chi connectivity index (χ3n) is 4.26. The average molecular weight is 318 g/mol. The zero-order valence-electron chi connectivity index (χ0n) is 13.3. The molecule has 0 aromatic heterocycles. The zero-order chi connectivity index (χ0) is 16.2. The number of hydrazine groups is 1. The lowest BCUT2D eigenvalue weighted by Crippen LogP contribution is -2.49. The topological polar surface area (TPSA) is 67.9 Å². The Balaban J connectivity index is 1.64. The van der Waals surface area contributed by atoms with Gasteiger partial charge < -0.3 is 9.47 Å². The van der Waals surface area contributed by atoms with Crippen LogP contribution in [0.3, 0.4) is 0 Å². The number of carbonyl (C=O) groups is 2. The third kappa shape index (κ3) is 3.47. The Bertz CT molecular complexity index is 602. The van der Waals surface area contributed by atoms with Gasteiger partial charge in [-0.2, -0.15) is 0 Å². The summed E-state index contributed by atoms with van der Waals surface area (Å²) in [4.78, 5) is 24.4. The molecule has 3 rings (SSSR count). The van der Waals surface area contributed by atoms with Gasteiger partial charge in [0.05, 0.1) is 24.7 Å². The normalized spacial score (nSPS) is 20.5. The van der Waals surface area contributed by atoms with E-state index in [9.17, 15) is 9.59 Å². The van der Waals surface area contributed by atoms with Crippen LogP contribution in [0.5, 0.6) is 5.75 Å². The van der Waals surface area contributed by atoms with Crippen molar-refractivity contribution in [3.8, 4) is 5.75 Å². The molecule has 0 aliphatic carbocycles. The van der Waals surface area contributed by atoms with Crippen LogP contribution in [0.1, 0.15) is 35.7 Å². The minimum atomic E-state index is -0.187. The molecule has 1 amide bonds. The highest BCUT2D eigenvalue weighted by atomic mass is 16.5. The first-order chi connectivity index (χ1) is 11.2. The van der Waals surface area contributed by atoms with Gasteiger partial charge in [-0.15, -0.1) is 0 Å². The van der Waals surface area contributed by atoms with E-state index in [0.29, 0.717) is 31.1 Å². The van der Waals surface area contributed by atoms with E-state index < -0.39 is 0 Å². The summed E-state index contributed by atoms with van der Waals surface area (Å²) in [5.41, 5.74) is 4.52. The molecule has 1 aromatic rings. The van der Waals surface area contributed by atoms with Gasteiger partial charge in [0, 0.05) is 19.5 Å². The molecule has 2 heterocycles. The number of nitrogens with zero attached hydrogens (tertiary/aromatic N) is 1. The van der Waals surface area contributed by atoms with E-state index in [0.717, 1.165) is 31.4 Å². The molecule has 124 valence electrons. The molecule has 1 aromatic carbocycles. The summed E-state index contributed by atoms with van der Waals surface area (Å²) in [7, 11) is 0. The minimum Gasteiger partial charge on any atom is -0.492 e. The molecule has 0 bridgehead atoms. The minimum absolute atomic E-state index is 0.179. The van der Waals surface area contributed by atoms with Crippen molar-refractivity contribution in [2.24, 2.45) is 5.92 Å². The predicted octanol–water partition coefficient (Wildman–Crippen LogP) is 1.54. The second kappa shape index (κ2) is 7.00. The number of para-hydroxylation sites is 1. The molecule has 1 saturated heterocycles. The van der Waals surface area contributed by atoms with Crippen molar-refractivity contribution in [3.05, 3.63) is 29.3 Å². The molecular formula is C17H22N2O4. The molecule has 1 fully saturated rings. The summed E-state index contributed by atoms with van der Waals surface area (Å²) in [5, 5.41) is 1.81. The summed E-state index contributed by atoms with van der Waals surface area (Å²) in [6.07, 6.45) is 2.49. The van der Waals surface area contributed by atoms with Crippen molar-refractivity contribution in [2.45, 2.75) is 26.2 Å². The number of rotatable bonds is 4. The summed E-state index contributed by atoms with van der Waals surface area (Å²) >= 11 is 0. The van der Waals surface area contributed by atoms with Crippen LogP contribution in [-0.4, -0.2) is 43.2 Å². The van der Waals surface area contributed by atoms with Gasteiger partial charge in [0.15, 0.2) is 0 Å². The van der Waals surface area contributed by atoms with Crippen LogP contribution < -0.4 is 10.2 Å². The highest BCUT2D eigenvalue weighted by Crippen LogP contribution is 2.29. The first-order valence-electron chi connectivity index (χ1n) is 8.16. The van der Waals surface area contributed by atoms with E-state index in [1.54, 1.807) is 13.0 Å². The molecule has 1 N–H and O–H groups in total. The second-order valence-electron chi connectivity index (χ2n) is 5.87. The maximum atomic E-state index is 12.5. The molecule has 0 unspecified atom stereocenters. The fourth-order valence-electron chi connectivity index (χ4n) is 3.13. The summed E-state index contributed by atoms with van der Waals surface area (Å²) in [6, 6.07) is 5.63. The Labute approximate surface area is 135 Å². The maximum absolute atomic E-state index is 12.5. The Morgan fingerprint density at radius 1 is 1.43 bits per heavy atom. The first-order valence-corrected chi connectivity index (χ1v) is 8.16. The molecule has 6 nitrogen and oxygen atoms in total. The van der Waals surface area contributed by atoms with Crippen molar-refractivity contribution in [1.82, 2.24) is 10.4 Å². The summed E-state index contributed by atoms with van der Waals surface area (Å²) in [6.45, 7) is 4.03. The SMILES string of the molecule is CCOC(=O)[C@@H]1CCCN(NC(=O)c2cccc3c2OCC3)C1. The number of hydrogen-bond acceptors (Lipinski definition) is 5. The summed E-state index contributed by atoms with van der Waals surface area (Å²) < 4.78 is 10.7. The number of fused-ring (bicyclic) bond motifs is 1. The van der Waals surface area contributed by atoms with Gasteiger partial charge in [0.25, 0.3) is 5.91 Å². The molecule has 1 atom stereocenters. The van der Waals surface area contributed by atoms with Crippen molar-refractivity contribution in [1.29, 1.82) is 0 Å². The fraction of sp³-hybridized carbons (Fsp3) is 0.529. The quantitative estimate of drug-likeness (QED) is 0.853. The number of amides is 1. The lowest BCUT2D eigenvalue weighted by molar-refractivity contribution is -0.150. The van der Waals surface area contributed by atoms with E-state index in [-0.39, 0.29) is 17.8 Å². The van der Waals surface area contributed by atoms with Crippen LogP contribution >= 0.6 is 0 Å². The van der Waals surface area contributed by atoms with Gasteiger partial charge in [0.1, 0.15) is 5.75 Å². The highest BCUT2D eigenvalue weighted by molar-refractivity contribution is 5.97. The molecule has 0 radical (unpaired) electrons. The number of carbonyl (C=O) groups excluding carboxylic acids is 2. The standard InChI is InChI=1S/C17H22N2O4/c1-2-22-17(21)13-6-4-9-19(11-13)18-16(20)14-7-3-5-12-8-10-23-15(12)14/h3,5,7,13H,2,4,6,8-11H2,1H3,(H,18,20)/t13-/m1/s1. The molecule has 2 aliphatic heterocycles. The van der Waals surface area contributed by atoms with Gasteiger partial charge in [-0.1, -0.05) is 12.1 Å². The van der Waals surface area contributed by atoms with Gasteiger partial charge >= 0.3 is 5.97 Å². The van der Waals surface area contributed by atoms with Crippen LogP contribution in [0.4, 0.5) is 0 Å². The molecule has 2 aliphatic rings. The predicted molar refractivity (Wildman–Crippen MR) is 84.0 cm³/mol. The van der Waals surface area contributed by atoms with Crippen molar-refractivity contribution < 1.29 is 19.1 Å². The molecular weight excluding hydrogens is 296 g/mol. The van der Waals surface area contributed by atoms with Crippen LogP contribution in [0, 0.1) is 5.92 Å². The smallest absolute Gasteiger partial charge is 0.310 e. The fourth-order valence-corrected chi connectivity index (χ4v) is 3.13. The van der Waals surface area contributed by atoms with E-state index >= 15 is 0 Å². The van der Waals surface area contributed by atoms with Gasteiger partial charge in [-0.3, -0.25) is 15.0 Å². The van der Waals surface area contributed by atoms with E-state index in [2.05, 4.69) is 5.43 Å². The van der Waals surface area contributed by atoms with Crippen LogP contribution in [0.15, 0.2) is 18.2 Å². The first kappa shape index (κ1) is 15.8. The number of hydrogen-bond donors (Lipinski definition) is 1. The molecule has 0 saturated carbocycles. The van der Waals surface area contributed by atoms with E-state index in [1.165, 1.54) is 0 Å². The van der Waals surface area contributed by atoms with E-state index in [4.69, 9.17) is 9.47 Å². The zero-order valence-corrected chi connectivity index (χ0v) is 13.3. The maximum Gasteiger partial charge on any atom is 0.310 e. The molecule has 6 heteroatoms. The Morgan fingerprint density at radius 3 is 3.13 bits per heavy atom. The number of benzene rings is 1. The highest BCUT2D eigenvalue weighted by Gasteiger charge is 2.29. The van der Waals surface area contributed by atoms with Crippen molar-refractivity contribution >= 4 is 11.9 Å². The van der Waals surface area contributed by atoms with Crippen LogP contribution in [0.2, 0.25) is 0 Å². The van der Waals surface area contributed by atoms with Crippen molar-refractivity contribution in [3.63, 3.8) is 0 Å². The van der Waals surface area contributed by atoms with Crippen LogP contribution in [0.25, 0.3) is 0 Å². The number of ether oxygens (including phenoxy) is 2. The van der Waals surface area contributed by atoms with Crippen molar-refractivity contribution in [2.75, 3.05) is 26.3 Å².